The highest BCUT2D eigenvalue weighted by atomic mass is 127. The number of guanidine groups is 1. The monoisotopic (exact) mass is 476 g/mol. The lowest BCUT2D eigenvalue weighted by Crippen LogP contribution is -2.48. The van der Waals surface area contributed by atoms with Crippen LogP contribution in [0.25, 0.3) is 0 Å². The molecule has 0 bridgehead atoms. The van der Waals surface area contributed by atoms with E-state index >= 15 is 0 Å². The number of hydrogen-bond acceptors (Lipinski definition) is 2. The maximum Gasteiger partial charge on any atom is 0.191 e. The molecule has 0 aliphatic carbocycles. The highest BCUT2D eigenvalue weighted by molar-refractivity contribution is 14.0. The molecule has 4 nitrogen and oxygen atoms in total. The van der Waals surface area contributed by atoms with E-state index < -0.39 is 0 Å². The summed E-state index contributed by atoms with van der Waals surface area (Å²) in [4.78, 5) is 6.77. The zero-order chi connectivity index (χ0) is 17.2. The normalized spacial score (nSPS) is 16.2. The standard InChI is InChI=1S/C19H29ClN4.HI/c1-3-13-24-14-10-17(11-15-24)23-19(21-2)22-12-6-8-16-7-4-5-9-18(16)20;/h3-5,7,9,17H,1,6,8,10-15H2,2H3,(H2,21,22,23);1H. The van der Waals surface area contributed by atoms with Crippen LogP contribution in [0.2, 0.25) is 5.02 Å². The van der Waals surface area contributed by atoms with Crippen molar-refractivity contribution in [2.75, 3.05) is 33.2 Å². The van der Waals surface area contributed by atoms with Crippen LogP contribution in [0.15, 0.2) is 41.9 Å². The molecule has 2 rings (SSSR count). The molecule has 1 aliphatic heterocycles. The number of benzene rings is 1. The lowest BCUT2D eigenvalue weighted by molar-refractivity contribution is 0.225. The maximum absolute atomic E-state index is 6.19. The fourth-order valence-electron chi connectivity index (χ4n) is 3.02. The number of hydrogen-bond donors (Lipinski definition) is 2. The first-order chi connectivity index (χ1) is 11.7. The van der Waals surface area contributed by atoms with Crippen molar-refractivity contribution < 1.29 is 0 Å². The Kier molecular flexibility index (Phi) is 11.2. The second-order valence-corrected chi connectivity index (χ2v) is 6.61. The number of likely N-dealkylation sites (tertiary alicyclic amines) is 1. The molecule has 1 fully saturated rings. The van der Waals surface area contributed by atoms with Gasteiger partial charge in [0.1, 0.15) is 0 Å². The van der Waals surface area contributed by atoms with Crippen LogP contribution >= 0.6 is 35.6 Å². The van der Waals surface area contributed by atoms with Gasteiger partial charge in [-0.3, -0.25) is 9.89 Å². The van der Waals surface area contributed by atoms with E-state index in [0.717, 1.165) is 62.8 Å². The molecule has 0 aromatic heterocycles. The van der Waals surface area contributed by atoms with Crippen LogP contribution in [0.4, 0.5) is 0 Å². The molecule has 1 heterocycles. The highest BCUT2D eigenvalue weighted by Gasteiger charge is 2.18. The number of nitrogens with zero attached hydrogens (tertiary/aromatic N) is 2. The van der Waals surface area contributed by atoms with Gasteiger partial charge in [0.2, 0.25) is 0 Å². The first-order valence-corrected chi connectivity index (χ1v) is 9.14. The molecular weight excluding hydrogens is 447 g/mol. The predicted octanol–water partition coefficient (Wildman–Crippen LogP) is 3.71. The number of rotatable bonds is 7. The van der Waals surface area contributed by atoms with E-state index in [1.165, 1.54) is 5.56 Å². The van der Waals surface area contributed by atoms with E-state index in [1.807, 2.05) is 31.3 Å². The Morgan fingerprint density at radius 1 is 1.36 bits per heavy atom. The van der Waals surface area contributed by atoms with Gasteiger partial charge in [0.25, 0.3) is 0 Å². The van der Waals surface area contributed by atoms with E-state index in [9.17, 15) is 0 Å². The highest BCUT2D eigenvalue weighted by Crippen LogP contribution is 2.16. The molecule has 0 amide bonds. The second kappa shape index (κ2) is 12.5. The van der Waals surface area contributed by atoms with Crippen molar-refractivity contribution in [1.29, 1.82) is 0 Å². The Morgan fingerprint density at radius 3 is 2.72 bits per heavy atom. The SMILES string of the molecule is C=CCN1CCC(NC(=NC)NCCCc2ccccc2Cl)CC1.I. The van der Waals surface area contributed by atoms with Gasteiger partial charge < -0.3 is 10.6 Å². The molecule has 6 heteroatoms. The number of aryl methyl sites for hydroxylation is 1. The van der Waals surface area contributed by atoms with Crippen molar-refractivity contribution in [3.05, 3.63) is 47.5 Å². The Balaban J connectivity index is 0.00000312. The average molecular weight is 477 g/mol. The van der Waals surface area contributed by atoms with Gasteiger partial charge in [-0.25, -0.2) is 0 Å². The van der Waals surface area contributed by atoms with Crippen molar-refractivity contribution in [2.24, 2.45) is 4.99 Å². The van der Waals surface area contributed by atoms with E-state index in [4.69, 9.17) is 11.6 Å². The van der Waals surface area contributed by atoms with Crippen molar-refractivity contribution in [1.82, 2.24) is 15.5 Å². The molecule has 25 heavy (non-hydrogen) atoms. The molecule has 0 spiro atoms. The molecular formula is C19H30ClIN4. The summed E-state index contributed by atoms with van der Waals surface area (Å²) in [6.07, 6.45) is 6.28. The summed E-state index contributed by atoms with van der Waals surface area (Å²) in [5.74, 6) is 0.899. The van der Waals surface area contributed by atoms with Crippen LogP contribution in [0.1, 0.15) is 24.8 Å². The fourth-order valence-corrected chi connectivity index (χ4v) is 3.25. The summed E-state index contributed by atoms with van der Waals surface area (Å²) < 4.78 is 0. The quantitative estimate of drug-likeness (QED) is 0.207. The maximum atomic E-state index is 6.19. The first-order valence-electron chi connectivity index (χ1n) is 8.76. The van der Waals surface area contributed by atoms with Gasteiger partial charge in [-0.15, -0.1) is 30.6 Å². The van der Waals surface area contributed by atoms with Crippen molar-refractivity contribution in [3.63, 3.8) is 0 Å². The summed E-state index contributed by atoms with van der Waals surface area (Å²) in [7, 11) is 1.83. The minimum absolute atomic E-state index is 0. The molecule has 0 unspecified atom stereocenters. The Bertz CT molecular complexity index is 542. The predicted molar refractivity (Wildman–Crippen MR) is 119 cm³/mol. The molecule has 140 valence electrons. The second-order valence-electron chi connectivity index (χ2n) is 6.20. The van der Waals surface area contributed by atoms with Crippen LogP contribution < -0.4 is 10.6 Å². The number of piperidine rings is 1. The van der Waals surface area contributed by atoms with Gasteiger partial charge in [-0.05, 0) is 37.3 Å². The van der Waals surface area contributed by atoms with Crippen LogP contribution in [0, 0.1) is 0 Å². The summed E-state index contributed by atoms with van der Waals surface area (Å²) in [6.45, 7) is 7.92. The van der Waals surface area contributed by atoms with Gasteiger partial charge in [0.15, 0.2) is 5.96 Å². The van der Waals surface area contributed by atoms with E-state index in [1.54, 1.807) is 0 Å². The number of halogens is 2. The Labute approximate surface area is 174 Å². The van der Waals surface area contributed by atoms with E-state index in [0.29, 0.717) is 6.04 Å². The van der Waals surface area contributed by atoms with E-state index in [-0.39, 0.29) is 24.0 Å². The Morgan fingerprint density at radius 2 is 2.08 bits per heavy atom. The molecule has 1 aromatic rings. The van der Waals surface area contributed by atoms with E-state index in [2.05, 4.69) is 33.2 Å². The third kappa shape index (κ3) is 7.96. The lowest BCUT2D eigenvalue weighted by atomic mass is 10.1. The van der Waals surface area contributed by atoms with Crippen molar-refractivity contribution >= 4 is 41.5 Å². The third-order valence-electron chi connectivity index (χ3n) is 4.41. The van der Waals surface area contributed by atoms with Gasteiger partial charge in [0, 0.05) is 44.3 Å². The van der Waals surface area contributed by atoms with Gasteiger partial charge in [0.05, 0.1) is 0 Å². The van der Waals surface area contributed by atoms with Crippen LogP contribution in [-0.4, -0.2) is 50.1 Å². The van der Waals surface area contributed by atoms with Crippen molar-refractivity contribution in [2.45, 2.75) is 31.7 Å². The molecule has 2 N–H and O–H groups in total. The largest absolute Gasteiger partial charge is 0.356 e. The molecule has 1 aromatic carbocycles. The molecule has 1 aliphatic rings. The van der Waals surface area contributed by atoms with Crippen LogP contribution in [0.3, 0.4) is 0 Å². The van der Waals surface area contributed by atoms with Crippen LogP contribution in [0.5, 0.6) is 0 Å². The molecule has 1 saturated heterocycles. The van der Waals surface area contributed by atoms with Gasteiger partial charge >= 0.3 is 0 Å². The van der Waals surface area contributed by atoms with Gasteiger partial charge in [-0.2, -0.15) is 0 Å². The number of aliphatic imine (C=N–C) groups is 1. The fraction of sp³-hybridized carbons (Fsp3) is 0.526. The average Bonchev–Trinajstić information content (AvgIpc) is 2.61. The third-order valence-corrected chi connectivity index (χ3v) is 4.78. The zero-order valence-corrected chi connectivity index (χ0v) is 18.1. The molecule has 0 saturated carbocycles. The van der Waals surface area contributed by atoms with Gasteiger partial charge in [-0.1, -0.05) is 35.9 Å². The Hall–Kier alpha value is -0.790. The zero-order valence-electron chi connectivity index (χ0n) is 15.0. The summed E-state index contributed by atoms with van der Waals surface area (Å²) >= 11 is 6.19. The summed E-state index contributed by atoms with van der Waals surface area (Å²) in [5.41, 5.74) is 1.21. The van der Waals surface area contributed by atoms with Crippen LogP contribution in [-0.2, 0) is 6.42 Å². The number of nitrogens with one attached hydrogen (secondary N) is 2. The molecule has 0 radical (unpaired) electrons. The van der Waals surface area contributed by atoms with Crippen molar-refractivity contribution in [3.8, 4) is 0 Å². The first kappa shape index (κ1) is 22.3. The minimum atomic E-state index is 0. The minimum Gasteiger partial charge on any atom is -0.356 e. The topological polar surface area (TPSA) is 39.7 Å². The summed E-state index contributed by atoms with van der Waals surface area (Å²) in [6, 6.07) is 8.54. The summed E-state index contributed by atoms with van der Waals surface area (Å²) in [5, 5.41) is 7.80. The molecule has 0 atom stereocenters. The smallest absolute Gasteiger partial charge is 0.191 e. The lowest BCUT2D eigenvalue weighted by Gasteiger charge is -2.32.